The van der Waals surface area contributed by atoms with Crippen molar-refractivity contribution in [1.82, 2.24) is 8.02 Å². The molecule has 0 spiro atoms. The Balaban J connectivity index is 4.42. The van der Waals surface area contributed by atoms with Crippen LogP contribution in [0.1, 0.15) is 0 Å². The lowest BCUT2D eigenvalue weighted by atomic mass is 11.3. The average Bonchev–Trinajstić information content (AvgIpc) is 1.86. The van der Waals surface area contributed by atoms with E-state index in [2.05, 4.69) is 14.8 Å². The Labute approximate surface area is 73.1 Å². The van der Waals surface area contributed by atoms with E-state index in [0.717, 1.165) is 18.4 Å². The fraction of sp³-hybridized carbons (Fsp3) is 1.00. The normalized spacial score (nSPS) is 13.0. The van der Waals surface area contributed by atoms with E-state index in [9.17, 15) is 8.42 Å². The Bertz CT molecular complexity index is 191. The highest BCUT2D eigenvalue weighted by Crippen LogP contribution is 2.19. The standard InChI is InChI=1S/C3H9BrN2O2S2/c1-5(2)10(7,8)6(3)9-4/h1-3H3. The molecule has 0 aromatic heterocycles. The molecule has 0 aliphatic heterocycles. The maximum absolute atomic E-state index is 11.1. The van der Waals surface area contributed by atoms with Gasteiger partial charge in [0.15, 0.2) is 0 Å². The molecule has 0 N–H and O–H groups in total. The Kier molecular flexibility index (Phi) is 4.19. The zero-order valence-corrected chi connectivity index (χ0v) is 9.12. The van der Waals surface area contributed by atoms with Crippen molar-refractivity contribution in [3.63, 3.8) is 0 Å². The topological polar surface area (TPSA) is 40.6 Å². The molecule has 0 aliphatic carbocycles. The third-order valence-electron chi connectivity index (χ3n) is 0.884. The summed E-state index contributed by atoms with van der Waals surface area (Å²) in [5, 5.41) is 0. The van der Waals surface area contributed by atoms with Gasteiger partial charge < -0.3 is 0 Å². The molecular formula is C3H9BrN2O2S2. The molecule has 0 amide bonds. The first-order chi connectivity index (χ1) is 4.42. The van der Waals surface area contributed by atoms with E-state index in [1.54, 1.807) is 0 Å². The second-order valence-electron chi connectivity index (χ2n) is 1.77. The van der Waals surface area contributed by atoms with E-state index in [0.29, 0.717) is 0 Å². The average molecular weight is 249 g/mol. The predicted octanol–water partition coefficient (Wildman–Crippen LogP) is 0.683. The second-order valence-corrected chi connectivity index (χ2v) is 5.73. The molecular weight excluding hydrogens is 240 g/mol. The van der Waals surface area contributed by atoms with Crippen LogP contribution in [0.2, 0.25) is 0 Å². The Morgan fingerprint density at radius 3 is 1.80 bits per heavy atom. The van der Waals surface area contributed by atoms with Crippen molar-refractivity contribution < 1.29 is 8.42 Å². The van der Waals surface area contributed by atoms with E-state index >= 15 is 0 Å². The molecule has 7 heteroatoms. The monoisotopic (exact) mass is 248 g/mol. The Morgan fingerprint density at radius 2 is 1.70 bits per heavy atom. The highest BCUT2D eigenvalue weighted by atomic mass is 79.9. The molecule has 10 heavy (non-hydrogen) atoms. The summed E-state index contributed by atoms with van der Waals surface area (Å²) in [4.78, 5) is 0. The lowest BCUT2D eigenvalue weighted by Crippen LogP contribution is -2.32. The van der Waals surface area contributed by atoms with Gasteiger partial charge in [0.1, 0.15) is 0 Å². The van der Waals surface area contributed by atoms with Gasteiger partial charge >= 0.3 is 0 Å². The van der Waals surface area contributed by atoms with Crippen molar-refractivity contribution >= 4 is 35.4 Å². The van der Waals surface area contributed by atoms with E-state index < -0.39 is 10.2 Å². The lowest BCUT2D eigenvalue weighted by Gasteiger charge is -2.16. The quantitative estimate of drug-likeness (QED) is 0.691. The smallest absolute Gasteiger partial charge is 0.194 e. The van der Waals surface area contributed by atoms with Crippen LogP contribution in [0.4, 0.5) is 0 Å². The van der Waals surface area contributed by atoms with E-state index in [1.807, 2.05) is 0 Å². The van der Waals surface area contributed by atoms with E-state index in [4.69, 9.17) is 0 Å². The molecule has 0 aromatic carbocycles. The minimum atomic E-state index is -3.24. The molecule has 0 aromatic rings. The van der Waals surface area contributed by atoms with Crippen molar-refractivity contribution in [2.24, 2.45) is 0 Å². The zero-order valence-electron chi connectivity index (χ0n) is 5.91. The molecule has 0 aliphatic rings. The first-order valence-electron chi connectivity index (χ1n) is 2.38. The number of halogens is 1. The maximum Gasteiger partial charge on any atom is 0.291 e. The van der Waals surface area contributed by atoms with Crippen LogP contribution in [0.3, 0.4) is 0 Å². The summed E-state index contributed by atoms with van der Waals surface area (Å²) < 4.78 is 24.4. The van der Waals surface area contributed by atoms with Gasteiger partial charge in [0.25, 0.3) is 10.2 Å². The number of hydrogen-bond donors (Lipinski definition) is 0. The summed E-state index contributed by atoms with van der Waals surface area (Å²) in [6.45, 7) is 0. The molecule has 0 heterocycles. The van der Waals surface area contributed by atoms with Gasteiger partial charge in [-0.2, -0.15) is 12.7 Å². The largest absolute Gasteiger partial charge is 0.291 e. The van der Waals surface area contributed by atoms with Crippen LogP contribution in [-0.4, -0.2) is 37.6 Å². The third-order valence-corrected chi connectivity index (χ3v) is 5.32. The van der Waals surface area contributed by atoms with Crippen LogP contribution in [0.25, 0.3) is 0 Å². The SMILES string of the molecule is CN(C)S(=O)(=O)N(C)SBr. The van der Waals surface area contributed by atoms with E-state index in [-0.39, 0.29) is 0 Å². The minimum absolute atomic E-state index is 0.976. The fourth-order valence-corrected chi connectivity index (χ4v) is 2.75. The van der Waals surface area contributed by atoms with Crippen LogP contribution >= 0.6 is 25.2 Å². The van der Waals surface area contributed by atoms with Crippen molar-refractivity contribution in [3.05, 3.63) is 0 Å². The van der Waals surface area contributed by atoms with Crippen molar-refractivity contribution in [2.45, 2.75) is 0 Å². The predicted molar refractivity (Wildman–Crippen MR) is 46.9 cm³/mol. The summed E-state index contributed by atoms with van der Waals surface area (Å²) in [6, 6.07) is 0. The van der Waals surface area contributed by atoms with Crippen molar-refractivity contribution in [3.8, 4) is 0 Å². The van der Waals surface area contributed by atoms with Gasteiger partial charge in [-0.05, 0) is 0 Å². The van der Waals surface area contributed by atoms with Crippen molar-refractivity contribution in [2.75, 3.05) is 21.1 Å². The number of hydrogen-bond acceptors (Lipinski definition) is 3. The van der Waals surface area contributed by atoms with Crippen molar-refractivity contribution in [1.29, 1.82) is 0 Å². The fourth-order valence-electron chi connectivity index (χ4n) is 0.266. The van der Waals surface area contributed by atoms with Gasteiger partial charge in [-0.25, -0.2) is 0 Å². The summed E-state index contributed by atoms with van der Waals surface area (Å²) in [7, 11) is 2.16. The zero-order chi connectivity index (χ0) is 8.36. The maximum atomic E-state index is 11.1. The van der Waals surface area contributed by atoms with E-state index in [1.165, 1.54) is 21.1 Å². The highest BCUT2D eigenvalue weighted by molar-refractivity contribution is 9.50. The first-order valence-corrected chi connectivity index (χ1v) is 6.39. The van der Waals surface area contributed by atoms with Crippen LogP contribution in [0, 0.1) is 0 Å². The van der Waals surface area contributed by atoms with Gasteiger partial charge in [0.2, 0.25) is 0 Å². The Morgan fingerprint density at radius 1 is 1.30 bits per heavy atom. The summed E-state index contributed by atoms with van der Waals surface area (Å²) >= 11 is 2.96. The molecule has 0 saturated heterocycles. The summed E-state index contributed by atoms with van der Waals surface area (Å²) in [5.74, 6) is 0. The number of nitrogens with zero attached hydrogens (tertiary/aromatic N) is 2. The van der Waals surface area contributed by atoms with Gasteiger partial charge in [-0.15, -0.1) is 3.71 Å². The van der Waals surface area contributed by atoms with Crippen LogP contribution < -0.4 is 0 Å². The molecule has 62 valence electrons. The summed E-state index contributed by atoms with van der Waals surface area (Å²) in [6.07, 6.45) is 0. The van der Waals surface area contributed by atoms with Crippen LogP contribution in [0.15, 0.2) is 0 Å². The molecule has 0 saturated carbocycles. The number of rotatable bonds is 3. The highest BCUT2D eigenvalue weighted by Gasteiger charge is 2.19. The molecule has 0 fully saturated rings. The van der Waals surface area contributed by atoms with Gasteiger partial charge in [-0.1, -0.05) is 0 Å². The minimum Gasteiger partial charge on any atom is -0.194 e. The second kappa shape index (κ2) is 3.91. The van der Waals surface area contributed by atoms with Crippen LogP contribution in [-0.2, 0) is 10.2 Å². The molecule has 0 bridgehead atoms. The van der Waals surface area contributed by atoms with Gasteiger partial charge in [0, 0.05) is 46.3 Å². The molecule has 0 unspecified atom stereocenters. The molecule has 0 rings (SSSR count). The first kappa shape index (κ1) is 10.7. The molecule has 0 radical (unpaired) electrons. The van der Waals surface area contributed by atoms with Gasteiger partial charge in [-0.3, -0.25) is 0 Å². The lowest BCUT2D eigenvalue weighted by molar-refractivity contribution is 0.488. The molecule has 0 atom stereocenters. The summed E-state index contributed by atoms with van der Waals surface area (Å²) in [5.41, 5.74) is 0. The third kappa shape index (κ3) is 2.39. The Hall–Kier alpha value is 0.700. The van der Waals surface area contributed by atoms with Gasteiger partial charge in [0.05, 0.1) is 0 Å². The molecule has 4 nitrogen and oxygen atoms in total. The van der Waals surface area contributed by atoms with Crippen LogP contribution in [0.5, 0.6) is 0 Å².